The smallest absolute Gasteiger partial charge is 0.341 e. The van der Waals surface area contributed by atoms with Crippen LogP contribution in [0.5, 0.6) is 0 Å². The fourth-order valence-corrected chi connectivity index (χ4v) is 4.53. The van der Waals surface area contributed by atoms with Crippen molar-refractivity contribution in [2.45, 2.75) is 43.8 Å². The number of halogens is 1. The summed E-state index contributed by atoms with van der Waals surface area (Å²) in [5.41, 5.74) is 7.04. The topological polar surface area (TPSA) is 88.6 Å². The summed E-state index contributed by atoms with van der Waals surface area (Å²) in [6.07, 6.45) is 8.63. The van der Waals surface area contributed by atoms with Gasteiger partial charge < -0.3 is 20.3 Å². The molecule has 2 aliphatic heterocycles. The molecule has 1 aromatic carbocycles. The number of aromatic carboxylic acids is 1. The van der Waals surface area contributed by atoms with E-state index in [0.717, 1.165) is 25.7 Å². The minimum absolute atomic E-state index is 0.0179. The van der Waals surface area contributed by atoms with Crippen LogP contribution in [0.4, 0.5) is 10.1 Å². The van der Waals surface area contributed by atoms with Gasteiger partial charge in [-0.15, -0.1) is 0 Å². The number of carboxylic acids is 1. The molecule has 0 amide bonds. The lowest BCUT2D eigenvalue weighted by Gasteiger charge is -2.29. The Kier molecular flexibility index (Phi) is 3.46. The van der Waals surface area contributed by atoms with Crippen molar-refractivity contribution in [3.63, 3.8) is 0 Å². The molecular weight excluding hydrogens is 349 g/mol. The maximum Gasteiger partial charge on any atom is 0.341 e. The molecule has 3 N–H and O–H groups in total. The summed E-state index contributed by atoms with van der Waals surface area (Å²) in [7, 11) is 0. The zero-order valence-corrected chi connectivity index (χ0v) is 14.7. The van der Waals surface area contributed by atoms with Gasteiger partial charge in [0.15, 0.2) is 0 Å². The highest BCUT2D eigenvalue weighted by atomic mass is 19.1. The van der Waals surface area contributed by atoms with Crippen LogP contribution < -0.4 is 16.1 Å². The first kappa shape index (κ1) is 16.5. The average Bonchev–Trinajstić information content (AvgIpc) is 3.42. The second-order valence-corrected chi connectivity index (χ2v) is 7.68. The lowest BCUT2D eigenvalue weighted by Crippen LogP contribution is -2.39. The van der Waals surface area contributed by atoms with Gasteiger partial charge in [0.05, 0.1) is 16.6 Å². The van der Waals surface area contributed by atoms with Crippen LogP contribution in [0.3, 0.4) is 0 Å². The van der Waals surface area contributed by atoms with Crippen molar-refractivity contribution < 1.29 is 14.3 Å². The number of carboxylic acid groups (broad SMARTS) is 1. The Labute approximate surface area is 154 Å². The van der Waals surface area contributed by atoms with Crippen molar-refractivity contribution in [3.8, 4) is 0 Å². The molecular formula is C20H20FN3O3. The Morgan fingerprint density at radius 2 is 2.07 bits per heavy atom. The van der Waals surface area contributed by atoms with Crippen molar-refractivity contribution in [2.24, 2.45) is 5.73 Å². The molecule has 1 aliphatic carbocycles. The van der Waals surface area contributed by atoms with Crippen LogP contribution in [0, 0.1) is 5.82 Å². The van der Waals surface area contributed by atoms with Crippen molar-refractivity contribution in [1.29, 1.82) is 0 Å². The molecule has 6 nitrogen and oxygen atoms in total. The SMILES string of the molecule is N[C@@H]1CCN2c3c(F)cc4c(=O)c(C(=O)O)cn(C5CC5)c4c3C=CC[C@H]12. The molecule has 3 heterocycles. The molecule has 3 aliphatic rings. The first-order valence-corrected chi connectivity index (χ1v) is 9.30. The molecule has 1 aromatic heterocycles. The molecule has 7 heteroatoms. The third-order valence-corrected chi connectivity index (χ3v) is 6.00. The molecule has 2 atom stereocenters. The molecule has 5 rings (SSSR count). The molecule has 27 heavy (non-hydrogen) atoms. The van der Waals surface area contributed by atoms with Crippen molar-refractivity contribution in [1.82, 2.24) is 4.57 Å². The normalized spacial score (nSPS) is 24.0. The Hall–Kier alpha value is -2.67. The zero-order chi connectivity index (χ0) is 18.9. The predicted octanol–water partition coefficient (Wildman–Crippen LogP) is 2.50. The average molecular weight is 369 g/mol. The Bertz CT molecular complexity index is 1070. The molecule has 1 saturated carbocycles. The number of hydrogen-bond acceptors (Lipinski definition) is 4. The Morgan fingerprint density at radius 3 is 2.78 bits per heavy atom. The van der Waals surface area contributed by atoms with Gasteiger partial charge in [-0.05, 0) is 31.7 Å². The summed E-state index contributed by atoms with van der Waals surface area (Å²) in [4.78, 5) is 26.3. The summed E-state index contributed by atoms with van der Waals surface area (Å²) in [6.45, 7) is 0.670. The third kappa shape index (κ3) is 2.34. The van der Waals surface area contributed by atoms with Crippen LogP contribution in [0.1, 0.15) is 47.6 Å². The van der Waals surface area contributed by atoms with Gasteiger partial charge in [-0.1, -0.05) is 12.2 Å². The molecule has 1 saturated heterocycles. The quantitative estimate of drug-likeness (QED) is 0.849. The van der Waals surface area contributed by atoms with Gasteiger partial charge in [-0.25, -0.2) is 9.18 Å². The molecule has 0 unspecified atom stereocenters. The fourth-order valence-electron chi connectivity index (χ4n) is 4.53. The molecule has 0 spiro atoms. The molecule has 0 radical (unpaired) electrons. The number of rotatable bonds is 2. The van der Waals surface area contributed by atoms with Gasteiger partial charge in [-0.3, -0.25) is 4.79 Å². The highest BCUT2D eigenvalue weighted by Crippen LogP contribution is 2.43. The van der Waals surface area contributed by atoms with E-state index >= 15 is 4.39 Å². The summed E-state index contributed by atoms with van der Waals surface area (Å²) in [5, 5.41) is 9.54. The van der Waals surface area contributed by atoms with Gasteiger partial charge in [0.1, 0.15) is 11.4 Å². The lowest BCUT2D eigenvalue weighted by atomic mass is 10.0. The van der Waals surface area contributed by atoms with E-state index < -0.39 is 17.2 Å². The van der Waals surface area contributed by atoms with Gasteiger partial charge in [0.25, 0.3) is 0 Å². The molecule has 0 bridgehead atoms. The van der Waals surface area contributed by atoms with Gasteiger partial charge in [-0.2, -0.15) is 0 Å². The van der Waals surface area contributed by atoms with Crippen LogP contribution in [0.2, 0.25) is 0 Å². The fraction of sp³-hybridized carbons (Fsp3) is 0.400. The number of benzene rings is 1. The zero-order valence-electron chi connectivity index (χ0n) is 14.7. The van der Waals surface area contributed by atoms with E-state index in [-0.39, 0.29) is 29.1 Å². The standard InChI is InChI=1S/C20H20FN3O3/c21-14-8-12-17(24(10-4-5-10)9-13(19(12)25)20(26)27)11-2-1-3-16-15(22)6-7-23(16)18(11)14/h1-2,8-10,15-16H,3-7,22H2,(H,26,27)/t15-,16-/m1/s1. The Balaban J connectivity index is 1.88. The number of carbonyl (C=O) groups is 1. The second-order valence-electron chi connectivity index (χ2n) is 7.68. The van der Waals surface area contributed by atoms with Crippen molar-refractivity contribution in [3.05, 3.63) is 45.5 Å². The number of anilines is 1. The van der Waals surface area contributed by atoms with Gasteiger partial charge in [0.2, 0.25) is 5.43 Å². The highest BCUT2D eigenvalue weighted by Gasteiger charge is 2.37. The number of pyridine rings is 1. The molecule has 2 aromatic rings. The van der Waals surface area contributed by atoms with Crippen molar-refractivity contribution in [2.75, 3.05) is 11.4 Å². The maximum atomic E-state index is 15.2. The summed E-state index contributed by atoms with van der Waals surface area (Å²) < 4.78 is 17.1. The molecule has 2 fully saturated rings. The number of hydrogen-bond donors (Lipinski definition) is 2. The summed E-state index contributed by atoms with van der Waals surface area (Å²) in [5.74, 6) is -1.78. The summed E-state index contributed by atoms with van der Waals surface area (Å²) >= 11 is 0. The van der Waals surface area contributed by atoms with Crippen LogP contribution in [0.25, 0.3) is 17.0 Å². The van der Waals surface area contributed by atoms with Crippen LogP contribution in [-0.2, 0) is 0 Å². The monoisotopic (exact) mass is 369 g/mol. The first-order chi connectivity index (χ1) is 13.0. The van der Waals surface area contributed by atoms with E-state index in [1.165, 1.54) is 12.3 Å². The first-order valence-electron chi connectivity index (χ1n) is 9.30. The Morgan fingerprint density at radius 1 is 1.30 bits per heavy atom. The number of nitrogens with zero attached hydrogens (tertiary/aromatic N) is 2. The third-order valence-electron chi connectivity index (χ3n) is 6.00. The minimum Gasteiger partial charge on any atom is -0.477 e. The van der Waals surface area contributed by atoms with Crippen LogP contribution >= 0.6 is 0 Å². The summed E-state index contributed by atoms with van der Waals surface area (Å²) in [6, 6.07) is 1.38. The number of aromatic nitrogens is 1. The van der Waals surface area contributed by atoms with Crippen molar-refractivity contribution >= 4 is 28.6 Å². The predicted molar refractivity (Wildman–Crippen MR) is 101 cm³/mol. The number of nitrogens with two attached hydrogens (primary N) is 1. The van der Waals surface area contributed by atoms with E-state index in [2.05, 4.69) is 0 Å². The number of fused-ring (bicyclic) bond motifs is 5. The van der Waals surface area contributed by atoms with Crippen LogP contribution in [-0.4, -0.2) is 34.3 Å². The molecule has 140 valence electrons. The van der Waals surface area contributed by atoms with E-state index in [1.807, 2.05) is 21.6 Å². The van der Waals surface area contributed by atoms with Gasteiger partial charge in [0, 0.05) is 36.4 Å². The minimum atomic E-state index is -1.28. The van der Waals surface area contributed by atoms with Gasteiger partial charge >= 0.3 is 5.97 Å². The maximum absolute atomic E-state index is 15.2. The van der Waals surface area contributed by atoms with Crippen LogP contribution in [0.15, 0.2) is 23.1 Å². The van der Waals surface area contributed by atoms with E-state index in [0.29, 0.717) is 23.3 Å². The lowest BCUT2D eigenvalue weighted by molar-refractivity contribution is 0.0695. The van der Waals surface area contributed by atoms with E-state index in [1.54, 1.807) is 0 Å². The second kappa shape index (κ2) is 5.66. The highest BCUT2D eigenvalue weighted by molar-refractivity contribution is 5.98. The van der Waals surface area contributed by atoms with E-state index in [9.17, 15) is 14.7 Å². The largest absolute Gasteiger partial charge is 0.477 e. The van der Waals surface area contributed by atoms with E-state index in [4.69, 9.17) is 5.73 Å².